The number of hydrogen-bond acceptors (Lipinski definition) is 5. The second-order valence-corrected chi connectivity index (χ2v) is 7.33. The second-order valence-electron chi connectivity index (χ2n) is 5.25. The van der Waals surface area contributed by atoms with Crippen LogP contribution in [0.3, 0.4) is 0 Å². The van der Waals surface area contributed by atoms with Crippen LogP contribution in [0.5, 0.6) is 0 Å². The Morgan fingerprint density at radius 2 is 2.05 bits per heavy atom. The summed E-state index contributed by atoms with van der Waals surface area (Å²) in [5.41, 5.74) is 0. The molecule has 1 saturated carbocycles. The second kappa shape index (κ2) is 6.59. The Hall–Kier alpha value is -1.38. The van der Waals surface area contributed by atoms with E-state index in [1.807, 2.05) is 0 Å². The van der Waals surface area contributed by atoms with Crippen molar-refractivity contribution in [2.45, 2.75) is 24.5 Å². The molecule has 0 radical (unpaired) electrons. The summed E-state index contributed by atoms with van der Waals surface area (Å²) in [5.74, 6) is 0.881. The number of furan rings is 1. The van der Waals surface area contributed by atoms with Gasteiger partial charge in [0.25, 0.3) is 10.0 Å². The van der Waals surface area contributed by atoms with E-state index < -0.39 is 10.0 Å². The average molecular weight is 315 g/mol. The van der Waals surface area contributed by atoms with Crippen LogP contribution in [0.1, 0.15) is 18.6 Å². The third kappa shape index (κ3) is 4.29. The van der Waals surface area contributed by atoms with Gasteiger partial charge in [0.05, 0.1) is 6.54 Å². The quantitative estimate of drug-likeness (QED) is 0.666. The van der Waals surface area contributed by atoms with Gasteiger partial charge in [0.1, 0.15) is 5.76 Å². The lowest BCUT2D eigenvalue weighted by Crippen LogP contribution is -2.32. The minimum absolute atomic E-state index is 0.0636. The molecule has 2 rings (SSSR count). The highest BCUT2D eigenvalue weighted by atomic mass is 32.2. The Bertz CT molecular complexity index is 590. The molecule has 7 nitrogen and oxygen atoms in total. The van der Waals surface area contributed by atoms with Crippen LogP contribution >= 0.6 is 0 Å². The number of sulfonamides is 1. The van der Waals surface area contributed by atoms with Crippen LogP contribution in [0, 0.1) is 5.92 Å². The molecule has 118 valence electrons. The minimum atomic E-state index is -3.52. The molecular weight excluding hydrogens is 294 g/mol. The molecule has 0 aromatic carbocycles. The van der Waals surface area contributed by atoms with Crippen LogP contribution in [0.15, 0.2) is 21.6 Å². The zero-order chi connectivity index (χ0) is 15.5. The Kier molecular flexibility index (Phi) is 5.02. The number of hydrogen-bond donors (Lipinski definition) is 2. The lowest BCUT2D eigenvalue weighted by atomic mass is 10.4. The molecule has 1 aliphatic carbocycles. The lowest BCUT2D eigenvalue weighted by molar-refractivity contribution is -0.122. The van der Waals surface area contributed by atoms with Crippen molar-refractivity contribution in [3.8, 4) is 0 Å². The molecule has 1 heterocycles. The first-order valence-corrected chi connectivity index (χ1v) is 8.35. The van der Waals surface area contributed by atoms with Gasteiger partial charge >= 0.3 is 0 Å². The lowest BCUT2D eigenvalue weighted by Gasteiger charge is -2.08. The Morgan fingerprint density at radius 3 is 2.67 bits per heavy atom. The molecule has 1 aromatic rings. The summed E-state index contributed by atoms with van der Waals surface area (Å²) in [7, 11) is -0.610. The molecule has 0 unspecified atom stereocenters. The SMILES string of the molecule is CN(C)S(=O)(=O)c1ccc(CNCCNC(=O)C2CC2)o1. The van der Waals surface area contributed by atoms with Gasteiger partial charge in [0.2, 0.25) is 11.0 Å². The number of nitrogens with zero attached hydrogens (tertiary/aromatic N) is 1. The third-order valence-electron chi connectivity index (χ3n) is 3.22. The highest BCUT2D eigenvalue weighted by molar-refractivity contribution is 7.88. The summed E-state index contributed by atoms with van der Waals surface area (Å²) in [4.78, 5) is 11.4. The molecule has 1 aliphatic rings. The van der Waals surface area contributed by atoms with Crippen LogP contribution in [0.4, 0.5) is 0 Å². The molecule has 1 amide bonds. The molecular formula is C13H21N3O4S. The van der Waals surface area contributed by atoms with E-state index in [2.05, 4.69) is 10.6 Å². The largest absolute Gasteiger partial charge is 0.447 e. The molecule has 1 fully saturated rings. The number of rotatable bonds is 8. The van der Waals surface area contributed by atoms with E-state index in [0.717, 1.165) is 17.1 Å². The molecule has 2 N–H and O–H groups in total. The summed E-state index contributed by atoms with van der Waals surface area (Å²) in [5, 5.41) is 5.87. The highest BCUT2D eigenvalue weighted by Crippen LogP contribution is 2.28. The van der Waals surface area contributed by atoms with Crippen molar-refractivity contribution >= 4 is 15.9 Å². The van der Waals surface area contributed by atoms with Crippen molar-refractivity contribution in [3.05, 3.63) is 17.9 Å². The summed E-state index contributed by atoms with van der Waals surface area (Å²) in [6.07, 6.45) is 1.99. The first-order chi connectivity index (χ1) is 9.91. The predicted octanol–water partition coefficient (Wildman–Crippen LogP) is 0.146. The molecule has 1 aromatic heterocycles. The van der Waals surface area contributed by atoms with E-state index >= 15 is 0 Å². The van der Waals surface area contributed by atoms with Crippen LogP contribution < -0.4 is 10.6 Å². The van der Waals surface area contributed by atoms with Crippen molar-refractivity contribution in [1.29, 1.82) is 0 Å². The average Bonchev–Trinajstić information content (AvgIpc) is 3.17. The molecule has 8 heteroatoms. The van der Waals surface area contributed by atoms with Crippen LogP contribution in [-0.2, 0) is 21.4 Å². The maximum Gasteiger partial charge on any atom is 0.275 e. The first kappa shape index (κ1) is 16.0. The molecule has 0 spiro atoms. The van der Waals surface area contributed by atoms with Gasteiger partial charge in [-0.3, -0.25) is 4.79 Å². The minimum Gasteiger partial charge on any atom is -0.447 e. The fourth-order valence-corrected chi connectivity index (χ4v) is 2.56. The van der Waals surface area contributed by atoms with Gasteiger partial charge in [-0.15, -0.1) is 0 Å². The number of nitrogens with one attached hydrogen (secondary N) is 2. The number of amides is 1. The van der Waals surface area contributed by atoms with Gasteiger partial charge in [-0.05, 0) is 25.0 Å². The molecule has 0 bridgehead atoms. The van der Waals surface area contributed by atoms with Crippen LogP contribution in [0.25, 0.3) is 0 Å². The molecule has 0 atom stereocenters. The highest BCUT2D eigenvalue weighted by Gasteiger charge is 2.28. The maximum absolute atomic E-state index is 11.8. The summed E-state index contributed by atoms with van der Waals surface area (Å²) >= 11 is 0. The van der Waals surface area contributed by atoms with Crippen molar-refractivity contribution in [2.24, 2.45) is 5.92 Å². The molecule has 0 aliphatic heterocycles. The standard InChI is InChI=1S/C13H21N3O4S/c1-16(2)21(18,19)12-6-5-11(20-12)9-14-7-8-15-13(17)10-3-4-10/h5-6,10,14H,3-4,7-9H2,1-2H3,(H,15,17). The zero-order valence-electron chi connectivity index (χ0n) is 12.3. The first-order valence-electron chi connectivity index (χ1n) is 6.91. The summed E-state index contributed by atoms with van der Waals surface area (Å²) in [6, 6.07) is 3.08. The van der Waals surface area contributed by atoms with Gasteiger partial charge in [-0.2, -0.15) is 0 Å². The van der Waals surface area contributed by atoms with E-state index in [1.54, 1.807) is 6.07 Å². The Morgan fingerprint density at radius 1 is 1.33 bits per heavy atom. The van der Waals surface area contributed by atoms with E-state index in [0.29, 0.717) is 25.4 Å². The fraction of sp³-hybridized carbons (Fsp3) is 0.615. The maximum atomic E-state index is 11.8. The predicted molar refractivity (Wildman–Crippen MR) is 77.0 cm³/mol. The van der Waals surface area contributed by atoms with Crippen molar-refractivity contribution in [1.82, 2.24) is 14.9 Å². The van der Waals surface area contributed by atoms with E-state index in [-0.39, 0.29) is 16.9 Å². The fourth-order valence-electron chi connectivity index (χ4n) is 1.75. The summed E-state index contributed by atoms with van der Waals surface area (Å²) in [6.45, 7) is 1.58. The van der Waals surface area contributed by atoms with E-state index in [4.69, 9.17) is 4.42 Å². The topological polar surface area (TPSA) is 91.7 Å². The normalized spacial score (nSPS) is 15.4. The smallest absolute Gasteiger partial charge is 0.275 e. The van der Waals surface area contributed by atoms with Crippen LogP contribution in [-0.4, -0.2) is 45.8 Å². The van der Waals surface area contributed by atoms with Crippen molar-refractivity contribution < 1.29 is 17.6 Å². The van der Waals surface area contributed by atoms with Crippen LogP contribution in [0.2, 0.25) is 0 Å². The van der Waals surface area contributed by atoms with Gasteiger partial charge in [-0.1, -0.05) is 0 Å². The summed E-state index contributed by atoms with van der Waals surface area (Å²) < 4.78 is 30.1. The molecule has 0 saturated heterocycles. The van der Waals surface area contributed by atoms with Gasteiger partial charge in [0.15, 0.2) is 0 Å². The Balaban J connectivity index is 1.71. The van der Waals surface area contributed by atoms with E-state index in [9.17, 15) is 13.2 Å². The van der Waals surface area contributed by atoms with E-state index in [1.165, 1.54) is 20.2 Å². The monoisotopic (exact) mass is 315 g/mol. The van der Waals surface area contributed by atoms with Crippen molar-refractivity contribution in [2.75, 3.05) is 27.2 Å². The Labute approximate surface area is 124 Å². The number of carbonyl (C=O) groups excluding carboxylic acids is 1. The molecule has 21 heavy (non-hydrogen) atoms. The van der Waals surface area contributed by atoms with Gasteiger partial charge in [0, 0.05) is 33.1 Å². The zero-order valence-corrected chi connectivity index (χ0v) is 13.1. The van der Waals surface area contributed by atoms with Crippen molar-refractivity contribution in [3.63, 3.8) is 0 Å². The van der Waals surface area contributed by atoms with Gasteiger partial charge in [-0.25, -0.2) is 12.7 Å². The third-order valence-corrected chi connectivity index (χ3v) is 4.91. The van der Waals surface area contributed by atoms with Gasteiger partial charge < -0.3 is 15.1 Å². The number of carbonyl (C=O) groups is 1.